The van der Waals surface area contributed by atoms with Gasteiger partial charge in [-0.1, -0.05) is 18.2 Å². The average molecular weight is 450 g/mol. The number of hydrogen-bond acceptors (Lipinski definition) is 7. The number of benzene rings is 2. The van der Waals surface area contributed by atoms with Crippen LogP contribution < -0.4 is 14.2 Å². The Morgan fingerprint density at radius 1 is 1.06 bits per heavy atom. The molecule has 1 saturated carbocycles. The molecule has 0 saturated heterocycles. The number of fused-ring (bicyclic) bond motifs is 1. The standard InChI is InChI=1S/C26H27NO6/c1-25(2,14-27)33-24(29)26(11-12-26)15-32-22-19(8-10-21(30-3)23(22)31-4)17-5-7-18-16(13-17)6-9-20(18)28/h5,7-8,10,13H,6,9,11-12,15H2,1-4H3. The molecule has 0 heterocycles. The zero-order chi connectivity index (χ0) is 23.8. The van der Waals surface area contributed by atoms with Gasteiger partial charge in [0.1, 0.15) is 18.1 Å². The fourth-order valence-electron chi connectivity index (χ4n) is 4.02. The summed E-state index contributed by atoms with van der Waals surface area (Å²) in [6, 6.07) is 11.4. The van der Waals surface area contributed by atoms with Crippen molar-refractivity contribution in [3.05, 3.63) is 41.5 Å². The lowest BCUT2D eigenvalue weighted by molar-refractivity contribution is -0.160. The predicted molar refractivity (Wildman–Crippen MR) is 121 cm³/mol. The van der Waals surface area contributed by atoms with Crippen LogP contribution in [0, 0.1) is 16.7 Å². The lowest BCUT2D eigenvalue weighted by Crippen LogP contribution is -2.34. The van der Waals surface area contributed by atoms with Crippen LogP contribution in [0.3, 0.4) is 0 Å². The Labute approximate surface area is 193 Å². The minimum absolute atomic E-state index is 0.0906. The summed E-state index contributed by atoms with van der Waals surface area (Å²) in [6.07, 6.45) is 2.48. The Bertz CT molecular complexity index is 1160. The van der Waals surface area contributed by atoms with E-state index in [1.807, 2.05) is 30.3 Å². The van der Waals surface area contributed by atoms with Crippen molar-refractivity contribution in [2.45, 2.75) is 45.1 Å². The largest absolute Gasteiger partial charge is 0.493 e. The molecule has 0 amide bonds. The normalized spacial score (nSPS) is 15.9. The van der Waals surface area contributed by atoms with E-state index in [2.05, 4.69) is 0 Å². The molecular formula is C26H27NO6. The number of carbonyl (C=O) groups excluding carboxylic acids is 2. The second-order valence-electron chi connectivity index (χ2n) is 9.05. The van der Waals surface area contributed by atoms with Crippen molar-refractivity contribution in [3.63, 3.8) is 0 Å². The molecule has 172 valence electrons. The minimum atomic E-state index is -1.20. The molecule has 1 fully saturated rings. The van der Waals surface area contributed by atoms with Crippen LogP contribution >= 0.6 is 0 Å². The van der Waals surface area contributed by atoms with E-state index in [9.17, 15) is 14.9 Å². The van der Waals surface area contributed by atoms with Gasteiger partial charge in [0.15, 0.2) is 22.9 Å². The summed E-state index contributed by atoms with van der Waals surface area (Å²) in [4.78, 5) is 24.8. The van der Waals surface area contributed by atoms with Crippen molar-refractivity contribution in [2.75, 3.05) is 20.8 Å². The van der Waals surface area contributed by atoms with Gasteiger partial charge in [-0.3, -0.25) is 9.59 Å². The van der Waals surface area contributed by atoms with Crippen molar-refractivity contribution < 1.29 is 28.5 Å². The molecule has 33 heavy (non-hydrogen) atoms. The molecule has 0 atom stereocenters. The van der Waals surface area contributed by atoms with Crippen LogP contribution in [0.5, 0.6) is 17.2 Å². The van der Waals surface area contributed by atoms with Crippen LogP contribution in [0.4, 0.5) is 0 Å². The van der Waals surface area contributed by atoms with Gasteiger partial charge in [-0.25, -0.2) is 0 Å². The molecule has 4 rings (SSSR count). The van der Waals surface area contributed by atoms with Crippen LogP contribution in [-0.2, 0) is 16.0 Å². The van der Waals surface area contributed by atoms with Gasteiger partial charge in [-0.2, -0.15) is 5.26 Å². The Morgan fingerprint density at radius 2 is 1.79 bits per heavy atom. The Kier molecular flexibility index (Phi) is 5.79. The van der Waals surface area contributed by atoms with Crippen molar-refractivity contribution in [1.82, 2.24) is 0 Å². The molecule has 2 aliphatic rings. The third kappa shape index (κ3) is 4.25. The molecule has 2 aromatic rings. The second kappa shape index (κ2) is 8.43. The maximum Gasteiger partial charge on any atom is 0.317 e. The van der Waals surface area contributed by atoms with Gasteiger partial charge < -0.3 is 18.9 Å². The SMILES string of the molecule is COc1ccc(-c2ccc3c(c2)CCC3=O)c(OCC2(C(=O)OC(C)(C)C#N)CC2)c1OC. The number of aryl methyl sites for hydroxylation is 1. The summed E-state index contributed by atoms with van der Waals surface area (Å²) < 4.78 is 22.7. The summed E-state index contributed by atoms with van der Waals surface area (Å²) in [5.41, 5.74) is 1.45. The van der Waals surface area contributed by atoms with Gasteiger partial charge >= 0.3 is 5.97 Å². The highest BCUT2D eigenvalue weighted by molar-refractivity contribution is 6.01. The molecule has 2 aromatic carbocycles. The van der Waals surface area contributed by atoms with Gasteiger partial charge in [0.25, 0.3) is 0 Å². The second-order valence-corrected chi connectivity index (χ2v) is 9.05. The molecule has 0 aliphatic heterocycles. The van der Waals surface area contributed by atoms with Crippen molar-refractivity contribution in [1.29, 1.82) is 5.26 Å². The number of Topliss-reactive ketones (excluding diaryl/α,β-unsaturated/α-hetero) is 1. The molecular weight excluding hydrogens is 422 g/mol. The molecule has 0 bridgehead atoms. The van der Waals surface area contributed by atoms with E-state index in [4.69, 9.17) is 18.9 Å². The lowest BCUT2D eigenvalue weighted by atomic mass is 9.99. The predicted octanol–water partition coefficient (Wildman–Crippen LogP) is 4.50. The van der Waals surface area contributed by atoms with E-state index in [0.29, 0.717) is 36.5 Å². The molecule has 2 aliphatic carbocycles. The van der Waals surface area contributed by atoms with Crippen LogP contribution in [0.1, 0.15) is 49.0 Å². The number of methoxy groups -OCH3 is 2. The molecule has 7 heteroatoms. The summed E-state index contributed by atoms with van der Waals surface area (Å²) in [7, 11) is 3.08. The lowest BCUT2D eigenvalue weighted by Gasteiger charge is -2.23. The molecule has 0 radical (unpaired) electrons. The number of carbonyl (C=O) groups is 2. The molecule has 0 unspecified atom stereocenters. The van der Waals surface area contributed by atoms with Gasteiger partial charge in [0.2, 0.25) is 5.75 Å². The summed E-state index contributed by atoms with van der Waals surface area (Å²) >= 11 is 0. The Balaban J connectivity index is 1.67. The van der Waals surface area contributed by atoms with Crippen molar-refractivity contribution in [3.8, 4) is 34.4 Å². The third-order valence-electron chi connectivity index (χ3n) is 6.23. The zero-order valence-corrected chi connectivity index (χ0v) is 19.3. The molecule has 0 aromatic heterocycles. The molecule has 7 nitrogen and oxygen atoms in total. The monoisotopic (exact) mass is 449 g/mol. The summed E-state index contributed by atoms with van der Waals surface area (Å²) in [5.74, 6) is 1.11. The first-order chi connectivity index (χ1) is 15.7. The highest BCUT2D eigenvalue weighted by atomic mass is 16.6. The molecule has 0 N–H and O–H groups in total. The van der Waals surface area contributed by atoms with Crippen molar-refractivity contribution in [2.24, 2.45) is 5.41 Å². The van der Waals surface area contributed by atoms with Gasteiger partial charge in [-0.05, 0) is 56.4 Å². The number of ketones is 1. The van der Waals surface area contributed by atoms with E-state index < -0.39 is 17.0 Å². The number of esters is 1. The van der Waals surface area contributed by atoms with Gasteiger partial charge in [0, 0.05) is 17.5 Å². The van der Waals surface area contributed by atoms with Crippen LogP contribution in [0.25, 0.3) is 11.1 Å². The Hall–Kier alpha value is -3.53. The van der Waals surface area contributed by atoms with Crippen LogP contribution in [0.15, 0.2) is 30.3 Å². The number of nitriles is 1. The maximum absolute atomic E-state index is 12.8. The maximum atomic E-state index is 12.8. The van der Waals surface area contributed by atoms with E-state index in [-0.39, 0.29) is 12.4 Å². The first-order valence-electron chi connectivity index (χ1n) is 10.9. The van der Waals surface area contributed by atoms with Gasteiger partial charge in [0.05, 0.1) is 14.2 Å². The highest BCUT2D eigenvalue weighted by Crippen LogP contribution is 2.50. The average Bonchev–Trinajstić information content (AvgIpc) is 3.53. The fraction of sp³-hybridized carbons (Fsp3) is 0.423. The number of rotatable bonds is 8. The first-order valence-corrected chi connectivity index (χ1v) is 10.9. The smallest absolute Gasteiger partial charge is 0.317 e. The summed E-state index contributed by atoms with van der Waals surface area (Å²) in [5, 5.41) is 9.20. The zero-order valence-electron chi connectivity index (χ0n) is 19.3. The van der Waals surface area contributed by atoms with E-state index in [1.54, 1.807) is 27.0 Å². The number of ether oxygens (including phenoxy) is 4. The number of hydrogen-bond donors (Lipinski definition) is 0. The third-order valence-corrected chi connectivity index (χ3v) is 6.23. The van der Waals surface area contributed by atoms with Gasteiger partial charge in [-0.15, -0.1) is 0 Å². The van der Waals surface area contributed by atoms with E-state index in [0.717, 1.165) is 28.7 Å². The molecule has 0 spiro atoms. The van der Waals surface area contributed by atoms with Crippen molar-refractivity contribution >= 4 is 11.8 Å². The Morgan fingerprint density at radius 3 is 2.42 bits per heavy atom. The summed E-state index contributed by atoms with van der Waals surface area (Å²) in [6.45, 7) is 3.21. The van der Waals surface area contributed by atoms with Crippen LogP contribution in [-0.4, -0.2) is 38.2 Å². The van der Waals surface area contributed by atoms with E-state index in [1.165, 1.54) is 7.11 Å². The first kappa shape index (κ1) is 22.7. The topological polar surface area (TPSA) is 94.9 Å². The van der Waals surface area contributed by atoms with Crippen LogP contribution in [0.2, 0.25) is 0 Å². The highest BCUT2D eigenvalue weighted by Gasteiger charge is 2.54. The van der Waals surface area contributed by atoms with E-state index >= 15 is 0 Å². The minimum Gasteiger partial charge on any atom is -0.493 e. The number of nitrogens with zero attached hydrogens (tertiary/aromatic N) is 1. The fourth-order valence-corrected chi connectivity index (χ4v) is 4.02. The quantitative estimate of drug-likeness (QED) is 0.548.